The van der Waals surface area contributed by atoms with Gasteiger partial charge >= 0.3 is 5.69 Å². The fraction of sp³-hybridized carbons (Fsp3) is 0.364. The molecule has 0 radical (unpaired) electrons. The maximum Gasteiger partial charge on any atom is 0.368 e. The van der Waals surface area contributed by atoms with Gasteiger partial charge in [0.25, 0.3) is 0 Å². The molecular weight excluding hydrogens is 398 g/mol. The van der Waals surface area contributed by atoms with Crippen LogP contribution >= 0.6 is 0 Å². The second-order valence-electron chi connectivity index (χ2n) is 7.63. The number of aryl methyl sites for hydroxylation is 1. The maximum atomic E-state index is 12.7. The Balaban J connectivity index is 1.76. The third kappa shape index (κ3) is 3.50. The summed E-state index contributed by atoms with van der Waals surface area (Å²) in [5.41, 5.74) is 4.09. The predicted octanol–water partition coefficient (Wildman–Crippen LogP) is 2.82. The zero-order valence-electron chi connectivity index (χ0n) is 17.4. The molecule has 2 heterocycles. The number of hydrogen-bond acceptors (Lipinski definition) is 7. The van der Waals surface area contributed by atoms with E-state index in [4.69, 9.17) is 14.3 Å². The molecule has 1 unspecified atom stereocenters. The van der Waals surface area contributed by atoms with Crippen LogP contribution in [0.1, 0.15) is 54.0 Å². The van der Waals surface area contributed by atoms with E-state index in [-0.39, 0.29) is 12.5 Å². The Labute approximate surface area is 178 Å². The average molecular weight is 421 g/mol. The van der Waals surface area contributed by atoms with E-state index in [0.717, 1.165) is 40.8 Å². The van der Waals surface area contributed by atoms with Crippen LogP contribution in [0.25, 0.3) is 5.69 Å². The molecule has 1 saturated carbocycles. The maximum absolute atomic E-state index is 12.7. The Bertz CT molecular complexity index is 1190. The number of nitrogens with zero attached hydrogens (tertiary/aromatic N) is 5. The van der Waals surface area contributed by atoms with Gasteiger partial charge in [-0.15, -0.1) is 0 Å². The Morgan fingerprint density at radius 2 is 2.06 bits per heavy atom. The molecule has 1 aromatic heterocycles. The first-order chi connectivity index (χ1) is 15.2. The van der Waals surface area contributed by atoms with Crippen molar-refractivity contribution in [1.29, 1.82) is 0 Å². The number of rotatable bonds is 6. The first-order valence-corrected chi connectivity index (χ1v) is 10.3. The van der Waals surface area contributed by atoms with Crippen LogP contribution in [0, 0.1) is 0 Å². The first-order valence-electron chi connectivity index (χ1n) is 10.3. The summed E-state index contributed by atoms with van der Waals surface area (Å²) in [6.07, 6.45) is 3.21. The van der Waals surface area contributed by atoms with E-state index in [1.54, 1.807) is 20.2 Å². The van der Waals surface area contributed by atoms with E-state index in [0.29, 0.717) is 18.2 Å². The van der Waals surface area contributed by atoms with Gasteiger partial charge < -0.3 is 14.3 Å². The van der Waals surface area contributed by atoms with Gasteiger partial charge in [-0.05, 0) is 53.8 Å². The minimum atomic E-state index is -0.572. The highest BCUT2D eigenvalue weighted by Crippen LogP contribution is 2.47. The van der Waals surface area contributed by atoms with Gasteiger partial charge in [0.2, 0.25) is 0 Å². The smallest absolute Gasteiger partial charge is 0.368 e. The lowest BCUT2D eigenvalue weighted by molar-refractivity contribution is -0.0186. The number of ether oxygens (including phenoxy) is 2. The summed E-state index contributed by atoms with van der Waals surface area (Å²) in [6.45, 7) is 2.42. The Morgan fingerprint density at radius 1 is 1.23 bits per heavy atom. The minimum Gasteiger partial charge on any atom is -0.467 e. The molecule has 160 valence electrons. The number of oxime groups is 1. The van der Waals surface area contributed by atoms with Crippen molar-refractivity contribution in [2.45, 2.75) is 38.4 Å². The molecule has 31 heavy (non-hydrogen) atoms. The van der Waals surface area contributed by atoms with Crippen LogP contribution in [0.5, 0.6) is 5.75 Å². The SMILES string of the molecule is CC=NOC(c1cccc2c1COCO2)c1c(C2CC2)cccc1-n1nnn(C)c1=O. The van der Waals surface area contributed by atoms with Crippen LogP contribution in [0.4, 0.5) is 0 Å². The summed E-state index contributed by atoms with van der Waals surface area (Å²) >= 11 is 0. The lowest BCUT2D eigenvalue weighted by Crippen LogP contribution is -2.24. The molecule has 0 N–H and O–H groups in total. The van der Waals surface area contributed by atoms with Crippen LogP contribution in [0.2, 0.25) is 0 Å². The number of tetrazole rings is 1. The number of benzene rings is 2. The highest BCUT2D eigenvalue weighted by atomic mass is 16.7. The van der Waals surface area contributed by atoms with E-state index in [9.17, 15) is 4.79 Å². The number of fused-ring (bicyclic) bond motifs is 1. The van der Waals surface area contributed by atoms with E-state index in [1.165, 1.54) is 9.36 Å². The Kier molecular flexibility index (Phi) is 5.03. The van der Waals surface area contributed by atoms with Crippen molar-refractivity contribution in [3.8, 4) is 11.4 Å². The molecule has 9 nitrogen and oxygen atoms in total. The molecule has 0 saturated heterocycles. The van der Waals surface area contributed by atoms with Crippen LogP contribution in [-0.2, 0) is 23.2 Å². The highest BCUT2D eigenvalue weighted by Gasteiger charge is 2.34. The molecule has 1 aliphatic heterocycles. The predicted molar refractivity (Wildman–Crippen MR) is 112 cm³/mol. The summed E-state index contributed by atoms with van der Waals surface area (Å²) in [4.78, 5) is 18.8. The van der Waals surface area contributed by atoms with E-state index in [2.05, 4.69) is 21.6 Å². The quantitative estimate of drug-likeness (QED) is 0.449. The fourth-order valence-electron chi connectivity index (χ4n) is 4.01. The first kappa shape index (κ1) is 19.5. The molecule has 1 atom stereocenters. The van der Waals surface area contributed by atoms with Crippen molar-refractivity contribution >= 4 is 6.21 Å². The summed E-state index contributed by atoms with van der Waals surface area (Å²) in [5, 5.41) is 12.1. The lowest BCUT2D eigenvalue weighted by Gasteiger charge is -2.26. The van der Waals surface area contributed by atoms with Crippen LogP contribution in [0.15, 0.2) is 46.3 Å². The lowest BCUT2D eigenvalue weighted by atomic mass is 9.90. The molecule has 9 heteroatoms. The van der Waals surface area contributed by atoms with Gasteiger partial charge in [0.1, 0.15) is 5.75 Å². The third-order valence-corrected chi connectivity index (χ3v) is 5.61. The van der Waals surface area contributed by atoms with Gasteiger partial charge in [-0.3, -0.25) is 0 Å². The highest BCUT2D eigenvalue weighted by molar-refractivity contribution is 5.55. The molecule has 1 fully saturated rings. The monoisotopic (exact) mass is 421 g/mol. The second kappa shape index (κ2) is 7.99. The van der Waals surface area contributed by atoms with Crippen molar-refractivity contribution in [1.82, 2.24) is 19.8 Å². The molecule has 0 amide bonds. The van der Waals surface area contributed by atoms with Gasteiger partial charge in [0.15, 0.2) is 12.9 Å². The van der Waals surface area contributed by atoms with E-state index < -0.39 is 6.10 Å². The summed E-state index contributed by atoms with van der Waals surface area (Å²) < 4.78 is 13.8. The zero-order chi connectivity index (χ0) is 21.4. The molecule has 5 rings (SSSR count). The average Bonchev–Trinajstić information content (AvgIpc) is 3.60. The fourth-order valence-corrected chi connectivity index (χ4v) is 4.01. The summed E-state index contributed by atoms with van der Waals surface area (Å²) in [7, 11) is 1.58. The van der Waals surface area contributed by atoms with Gasteiger partial charge in [-0.2, -0.15) is 9.36 Å². The Morgan fingerprint density at radius 3 is 2.81 bits per heavy atom. The summed E-state index contributed by atoms with van der Waals surface area (Å²) in [6, 6.07) is 11.7. The Hall–Kier alpha value is -3.46. The third-order valence-electron chi connectivity index (χ3n) is 5.61. The van der Waals surface area contributed by atoms with Crippen LogP contribution in [-0.4, -0.2) is 32.8 Å². The minimum absolute atomic E-state index is 0.216. The number of aromatic nitrogens is 4. The van der Waals surface area contributed by atoms with Gasteiger partial charge in [0.05, 0.1) is 12.3 Å². The van der Waals surface area contributed by atoms with Gasteiger partial charge in [-0.25, -0.2) is 4.79 Å². The molecule has 3 aromatic rings. The van der Waals surface area contributed by atoms with Gasteiger partial charge in [-0.1, -0.05) is 29.4 Å². The second-order valence-corrected chi connectivity index (χ2v) is 7.63. The van der Waals surface area contributed by atoms with Crippen molar-refractivity contribution in [2.75, 3.05) is 6.79 Å². The molecule has 2 aliphatic rings. The molecule has 0 bridgehead atoms. The standard InChI is InChI=1S/C22H23N5O4/c1-3-23-31-21(16-7-5-9-19-17(16)12-29-13-30-19)20-15(14-10-11-14)6-4-8-18(20)27-22(28)26(2)24-25-27/h3-9,14,21H,10-13H2,1-2H3. The van der Waals surface area contributed by atoms with E-state index in [1.807, 2.05) is 30.3 Å². The molecule has 0 spiro atoms. The largest absolute Gasteiger partial charge is 0.467 e. The topological polar surface area (TPSA) is 92.8 Å². The molecular formula is C22H23N5O4. The van der Waals surface area contributed by atoms with Crippen molar-refractivity contribution < 1.29 is 14.3 Å². The molecule has 1 aliphatic carbocycles. The van der Waals surface area contributed by atoms with Crippen molar-refractivity contribution in [3.63, 3.8) is 0 Å². The van der Waals surface area contributed by atoms with Crippen molar-refractivity contribution in [2.24, 2.45) is 12.2 Å². The molecule has 2 aromatic carbocycles. The zero-order valence-corrected chi connectivity index (χ0v) is 17.4. The summed E-state index contributed by atoms with van der Waals surface area (Å²) in [5.74, 6) is 1.17. The van der Waals surface area contributed by atoms with Gasteiger partial charge in [0, 0.05) is 30.0 Å². The normalized spacial score (nSPS) is 16.7. The van der Waals surface area contributed by atoms with Crippen LogP contribution < -0.4 is 10.4 Å². The number of hydrogen-bond donors (Lipinski definition) is 0. The van der Waals surface area contributed by atoms with E-state index >= 15 is 0 Å². The van der Waals surface area contributed by atoms with Crippen LogP contribution in [0.3, 0.4) is 0 Å². The van der Waals surface area contributed by atoms with Crippen molar-refractivity contribution in [3.05, 3.63) is 69.1 Å².